The SMILES string of the molecule is C[C@H](O)[C@@H]1N[C@]2(C(=O)Nc3ccc(F)cc32)[C@@H]2C(=O)N(Cc3ccc4c(c3)OCO4)C(=O)[C@H]12. The third-order valence-electron chi connectivity index (χ3n) is 7.00. The number of benzene rings is 2. The minimum absolute atomic E-state index is 0.0262. The molecule has 1 spiro atoms. The molecule has 9 nitrogen and oxygen atoms in total. The zero-order chi connectivity index (χ0) is 23.1. The lowest BCUT2D eigenvalue weighted by Crippen LogP contribution is -2.54. The van der Waals surface area contributed by atoms with Gasteiger partial charge >= 0.3 is 0 Å². The molecule has 170 valence electrons. The van der Waals surface area contributed by atoms with Crippen molar-refractivity contribution >= 4 is 23.4 Å². The van der Waals surface area contributed by atoms with Gasteiger partial charge in [-0.1, -0.05) is 6.07 Å². The van der Waals surface area contributed by atoms with Crippen molar-refractivity contribution in [2.24, 2.45) is 11.8 Å². The smallest absolute Gasteiger partial charge is 0.250 e. The molecule has 10 heteroatoms. The standard InChI is InChI=1S/C23H20FN3O6/c1-10(28)19-17-18(23(26-19)13-7-12(24)3-4-14(13)25-22(23)31)21(30)27(20(17)29)8-11-2-5-15-16(6-11)33-9-32-15/h2-7,10,17-19,26,28H,8-9H2,1H3,(H,25,31)/t10-,17-,18-,19-,23-/m0/s1. The number of ether oxygens (including phenoxy) is 2. The van der Waals surface area contributed by atoms with Crippen LogP contribution >= 0.6 is 0 Å². The van der Waals surface area contributed by atoms with Gasteiger partial charge in [0.2, 0.25) is 24.5 Å². The molecule has 2 aromatic rings. The maximum Gasteiger partial charge on any atom is 0.250 e. The second-order valence-electron chi connectivity index (χ2n) is 8.82. The van der Waals surface area contributed by atoms with Crippen molar-refractivity contribution in [1.29, 1.82) is 0 Å². The summed E-state index contributed by atoms with van der Waals surface area (Å²) in [6, 6.07) is 8.10. The van der Waals surface area contributed by atoms with Crippen molar-refractivity contribution in [1.82, 2.24) is 10.2 Å². The number of hydrogen-bond donors (Lipinski definition) is 3. The Hall–Kier alpha value is -3.50. The van der Waals surface area contributed by atoms with Crippen LogP contribution in [-0.4, -0.2) is 46.7 Å². The Balaban J connectivity index is 1.42. The quantitative estimate of drug-likeness (QED) is 0.590. The van der Waals surface area contributed by atoms with E-state index < -0.39 is 53.1 Å². The van der Waals surface area contributed by atoms with E-state index in [-0.39, 0.29) is 18.9 Å². The zero-order valence-corrected chi connectivity index (χ0v) is 17.5. The van der Waals surface area contributed by atoms with Gasteiger partial charge in [0.25, 0.3) is 0 Å². The molecule has 0 unspecified atom stereocenters. The van der Waals surface area contributed by atoms with E-state index in [0.29, 0.717) is 22.7 Å². The van der Waals surface area contributed by atoms with Crippen molar-refractivity contribution in [2.75, 3.05) is 12.1 Å². The molecular weight excluding hydrogens is 433 g/mol. The summed E-state index contributed by atoms with van der Waals surface area (Å²) >= 11 is 0. The molecule has 33 heavy (non-hydrogen) atoms. The first-order valence-electron chi connectivity index (χ1n) is 10.6. The number of carbonyl (C=O) groups is 3. The molecule has 3 amide bonds. The number of imide groups is 1. The van der Waals surface area contributed by atoms with Crippen LogP contribution < -0.4 is 20.1 Å². The summed E-state index contributed by atoms with van der Waals surface area (Å²) in [6.45, 7) is 1.56. The first-order chi connectivity index (χ1) is 15.8. The Morgan fingerprint density at radius 3 is 2.73 bits per heavy atom. The number of likely N-dealkylation sites (tertiary alicyclic amines) is 1. The molecule has 0 bridgehead atoms. The summed E-state index contributed by atoms with van der Waals surface area (Å²) in [6.07, 6.45) is -1.04. The number of aliphatic hydroxyl groups is 1. The van der Waals surface area contributed by atoms with Gasteiger partial charge in [0.1, 0.15) is 11.4 Å². The summed E-state index contributed by atoms with van der Waals surface area (Å²) in [5.41, 5.74) is -0.371. The number of hydrogen-bond acceptors (Lipinski definition) is 7. The molecular formula is C23H20FN3O6. The van der Waals surface area contributed by atoms with Crippen LogP contribution in [0.1, 0.15) is 18.1 Å². The van der Waals surface area contributed by atoms with E-state index in [1.54, 1.807) is 18.2 Å². The fraction of sp³-hybridized carbons (Fsp3) is 0.348. The van der Waals surface area contributed by atoms with Crippen LogP contribution in [-0.2, 0) is 26.5 Å². The number of halogens is 1. The number of anilines is 1. The lowest BCUT2D eigenvalue weighted by molar-refractivity contribution is -0.143. The van der Waals surface area contributed by atoms with Gasteiger partial charge in [-0.25, -0.2) is 4.39 Å². The number of amides is 3. The van der Waals surface area contributed by atoms with Crippen molar-refractivity contribution in [3.05, 3.63) is 53.3 Å². The minimum Gasteiger partial charge on any atom is -0.454 e. The number of nitrogens with zero attached hydrogens (tertiary/aromatic N) is 1. The molecule has 4 heterocycles. The number of carbonyl (C=O) groups excluding carboxylic acids is 3. The van der Waals surface area contributed by atoms with E-state index in [4.69, 9.17) is 9.47 Å². The van der Waals surface area contributed by atoms with Gasteiger partial charge in [0.05, 0.1) is 24.5 Å². The second kappa shape index (κ2) is 6.75. The Morgan fingerprint density at radius 2 is 1.94 bits per heavy atom. The molecule has 2 aromatic carbocycles. The molecule has 0 aromatic heterocycles. The predicted octanol–water partition coefficient (Wildman–Crippen LogP) is 0.856. The highest BCUT2D eigenvalue weighted by Crippen LogP contribution is 2.53. The average Bonchev–Trinajstić information content (AvgIpc) is 3.51. The van der Waals surface area contributed by atoms with Crippen molar-refractivity contribution in [3.8, 4) is 11.5 Å². The molecule has 4 aliphatic rings. The Morgan fingerprint density at radius 1 is 1.15 bits per heavy atom. The van der Waals surface area contributed by atoms with Crippen molar-refractivity contribution in [2.45, 2.75) is 31.2 Å². The van der Waals surface area contributed by atoms with Crippen LogP contribution in [0.4, 0.5) is 10.1 Å². The monoisotopic (exact) mass is 453 g/mol. The van der Waals surface area contributed by atoms with Crippen LogP contribution in [0.3, 0.4) is 0 Å². The van der Waals surface area contributed by atoms with Crippen molar-refractivity contribution in [3.63, 3.8) is 0 Å². The maximum absolute atomic E-state index is 14.2. The minimum atomic E-state index is -1.65. The number of fused-ring (bicyclic) bond motifs is 5. The van der Waals surface area contributed by atoms with E-state index in [2.05, 4.69) is 10.6 Å². The average molecular weight is 453 g/mol. The van der Waals surface area contributed by atoms with Gasteiger partial charge in [0.15, 0.2) is 11.5 Å². The molecule has 0 radical (unpaired) electrons. The van der Waals surface area contributed by atoms with E-state index in [1.807, 2.05) is 0 Å². The Labute approximate surface area is 187 Å². The molecule has 0 aliphatic carbocycles. The summed E-state index contributed by atoms with van der Waals surface area (Å²) in [4.78, 5) is 41.5. The topological polar surface area (TPSA) is 117 Å². The molecule has 2 fully saturated rings. The Bertz CT molecular complexity index is 1230. The molecule has 5 atom stereocenters. The number of rotatable bonds is 3. The van der Waals surface area contributed by atoms with Gasteiger partial charge in [-0.2, -0.15) is 0 Å². The number of nitrogens with one attached hydrogen (secondary N) is 2. The highest BCUT2D eigenvalue weighted by atomic mass is 19.1. The van der Waals surface area contributed by atoms with Gasteiger partial charge in [-0.3, -0.25) is 24.6 Å². The predicted molar refractivity (Wildman–Crippen MR) is 110 cm³/mol. The summed E-state index contributed by atoms with van der Waals surface area (Å²) in [5, 5.41) is 16.2. The largest absolute Gasteiger partial charge is 0.454 e. The van der Waals surface area contributed by atoms with Gasteiger partial charge < -0.3 is 19.9 Å². The summed E-state index contributed by atoms with van der Waals surface area (Å²) in [7, 11) is 0. The lowest BCUT2D eigenvalue weighted by Gasteiger charge is -2.30. The summed E-state index contributed by atoms with van der Waals surface area (Å²) < 4.78 is 24.9. The molecule has 4 aliphatic heterocycles. The van der Waals surface area contributed by atoms with E-state index in [0.717, 1.165) is 4.90 Å². The maximum atomic E-state index is 14.2. The fourth-order valence-electron chi connectivity index (χ4n) is 5.56. The third-order valence-corrected chi connectivity index (χ3v) is 7.00. The molecule has 0 saturated carbocycles. The second-order valence-corrected chi connectivity index (χ2v) is 8.82. The Kier molecular flexibility index (Phi) is 4.12. The van der Waals surface area contributed by atoms with Gasteiger partial charge in [-0.05, 0) is 42.8 Å². The highest BCUT2D eigenvalue weighted by molar-refractivity contribution is 6.15. The first kappa shape index (κ1) is 20.1. The normalized spacial score (nSPS) is 30.1. The third kappa shape index (κ3) is 2.61. The highest BCUT2D eigenvalue weighted by Gasteiger charge is 2.71. The zero-order valence-electron chi connectivity index (χ0n) is 17.5. The van der Waals surface area contributed by atoms with Gasteiger partial charge in [-0.15, -0.1) is 0 Å². The molecule has 6 rings (SSSR count). The van der Waals surface area contributed by atoms with Crippen LogP contribution in [0, 0.1) is 17.7 Å². The van der Waals surface area contributed by atoms with Crippen LogP contribution in [0.15, 0.2) is 36.4 Å². The van der Waals surface area contributed by atoms with E-state index in [9.17, 15) is 23.9 Å². The van der Waals surface area contributed by atoms with Crippen molar-refractivity contribution < 1.29 is 33.4 Å². The number of aliphatic hydroxyl groups excluding tert-OH is 1. The fourth-order valence-corrected chi connectivity index (χ4v) is 5.56. The molecule has 2 saturated heterocycles. The van der Waals surface area contributed by atoms with Gasteiger partial charge in [0, 0.05) is 17.3 Å². The lowest BCUT2D eigenvalue weighted by atomic mass is 9.76. The van der Waals surface area contributed by atoms with Crippen LogP contribution in [0.5, 0.6) is 11.5 Å². The van der Waals surface area contributed by atoms with E-state index >= 15 is 0 Å². The van der Waals surface area contributed by atoms with Crippen LogP contribution in [0.25, 0.3) is 0 Å². The first-order valence-corrected chi connectivity index (χ1v) is 10.6. The van der Waals surface area contributed by atoms with Crippen LogP contribution in [0.2, 0.25) is 0 Å². The van der Waals surface area contributed by atoms with E-state index in [1.165, 1.54) is 25.1 Å². The summed E-state index contributed by atoms with van der Waals surface area (Å²) in [5.74, 6) is -3.17. The molecule has 3 N–H and O–H groups in total.